The number of hydrogen-bond donors (Lipinski definition) is 0. The van der Waals surface area contributed by atoms with E-state index < -0.39 is 6.10 Å². The molecule has 61 heavy (non-hydrogen) atoms. The first-order valence-electron chi connectivity index (χ1n) is 27.4. The zero-order valence-electron chi connectivity index (χ0n) is 41.6. The van der Waals surface area contributed by atoms with Gasteiger partial charge in [0.15, 0.2) is 6.10 Å². The Hall–Kier alpha value is -1.59. The van der Waals surface area contributed by atoms with E-state index in [-0.39, 0.29) is 31.1 Å². The number of unbranched alkanes of at least 4 members (excludes halogenated alkanes) is 36. The van der Waals surface area contributed by atoms with Crippen LogP contribution < -0.4 is 0 Å². The second kappa shape index (κ2) is 49.4. The fourth-order valence-electron chi connectivity index (χ4n) is 8.36. The number of hydrogen-bond acceptors (Lipinski definition) is 6. The predicted octanol–water partition coefficient (Wildman–Crippen LogP) is 17.8. The normalized spacial score (nSPS) is 12.4. The molecule has 0 aliphatic heterocycles. The first-order chi connectivity index (χ1) is 29.9. The summed E-state index contributed by atoms with van der Waals surface area (Å²) in [6.45, 7) is 9.05. The van der Waals surface area contributed by atoms with Gasteiger partial charge in [-0.15, -0.1) is 0 Å². The summed E-state index contributed by atoms with van der Waals surface area (Å²) in [5.74, 6) is 0.0614. The molecular weight excluding hydrogens is 757 g/mol. The molecule has 0 fully saturated rings. The van der Waals surface area contributed by atoms with Gasteiger partial charge in [0.2, 0.25) is 0 Å². The molecule has 0 aromatic carbocycles. The van der Waals surface area contributed by atoms with Crippen molar-refractivity contribution >= 4 is 17.9 Å². The summed E-state index contributed by atoms with van der Waals surface area (Å²) in [6, 6.07) is 0. The van der Waals surface area contributed by atoms with E-state index in [0.29, 0.717) is 19.3 Å². The van der Waals surface area contributed by atoms with E-state index in [0.717, 1.165) is 63.7 Å². The largest absolute Gasteiger partial charge is 0.462 e. The molecule has 2 atom stereocenters. The Kier molecular flexibility index (Phi) is 48.1. The molecule has 0 spiro atoms. The van der Waals surface area contributed by atoms with Crippen molar-refractivity contribution in [2.24, 2.45) is 5.92 Å². The van der Waals surface area contributed by atoms with Crippen LogP contribution in [-0.4, -0.2) is 37.2 Å². The van der Waals surface area contributed by atoms with Gasteiger partial charge >= 0.3 is 17.9 Å². The van der Waals surface area contributed by atoms with Crippen molar-refractivity contribution in [2.45, 2.75) is 316 Å². The summed E-state index contributed by atoms with van der Waals surface area (Å²) in [5, 5.41) is 0. The fourth-order valence-corrected chi connectivity index (χ4v) is 8.36. The topological polar surface area (TPSA) is 78.9 Å². The summed E-state index contributed by atoms with van der Waals surface area (Å²) in [6.07, 6.45) is 52.5. The lowest BCUT2D eigenvalue weighted by atomic mass is 9.99. The Morgan fingerprint density at radius 3 is 0.852 bits per heavy atom. The molecule has 0 amide bonds. The van der Waals surface area contributed by atoms with Crippen LogP contribution in [0.3, 0.4) is 0 Å². The van der Waals surface area contributed by atoms with E-state index in [9.17, 15) is 14.4 Å². The molecule has 6 nitrogen and oxygen atoms in total. The first kappa shape index (κ1) is 59.4. The molecule has 362 valence electrons. The molecule has 0 heterocycles. The molecular formula is C55H106O6. The third-order valence-electron chi connectivity index (χ3n) is 12.9. The number of carbonyl (C=O) groups excluding carboxylic acids is 3. The Morgan fingerprint density at radius 1 is 0.328 bits per heavy atom. The summed E-state index contributed by atoms with van der Waals surface area (Å²) in [4.78, 5) is 37.8. The van der Waals surface area contributed by atoms with Gasteiger partial charge in [0, 0.05) is 19.3 Å². The van der Waals surface area contributed by atoms with E-state index in [1.165, 1.54) is 205 Å². The molecule has 0 aliphatic carbocycles. The third-order valence-corrected chi connectivity index (χ3v) is 12.9. The lowest BCUT2D eigenvalue weighted by Gasteiger charge is -2.18. The average molecular weight is 863 g/mol. The highest BCUT2D eigenvalue weighted by Gasteiger charge is 2.19. The summed E-state index contributed by atoms with van der Waals surface area (Å²) in [7, 11) is 0. The van der Waals surface area contributed by atoms with Gasteiger partial charge in [-0.1, -0.05) is 272 Å². The fraction of sp³-hybridized carbons (Fsp3) is 0.945. The number of rotatable bonds is 50. The van der Waals surface area contributed by atoms with Crippen molar-refractivity contribution in [3.05, 3.63) is 0 Å². The molecule has 0 rings (SSSR count). The SMILES string of the molecule is CCCCCCCCCCCCCCCCC(=O)OC[C@@H](COC(=O)CCCCCCCCC)OC(=O)CCCCCCCCCCCCCCCCCCCCC(C)CC. The molecule has 0 N–H and O–H groups in total. The van der Waals surface area contributed by atoms with Gasteiger partial charge in [-0.25, -0.2) is 0 Å². The Morgan fingerprint density at radius 2 is 0.574 bits per heavy atom. The smallest absolute Gasteiger partial charge is 0.306 e. The van der Waals surface area contributed by atoms with Gasteiger partial charge in [-0.3, -0.25) is 14.4 Å². The minimum atomic E-state index is -0.759. The zero-order valence-corrected chi connectivity index (χ0v) is 41.6. The van der Waals surface area contributed by atoms with E-state index in [1.54, 1.807) is 0 Å². The Labute approximate surface area is 380 Å². The van der Waals surface area contributed by atoms with Crippen LogP contribution in [0.1, 0.15) is 310 Å². The van der Waals surface area contributed by atoms with Crippen LogP contribution in [-0.2, 0) is 28.6 Å². The van der Waals surface area contributed by atoms with Crippen LogP contribution in [0, 0.1) is 5.92 Å². The maximum atomic E-state index is 12.8. The zero-order chi connectivity index (χ0) is 44.5. The molecule has 0 saturated heterocycles. The van der Waals surface area contributed by atoms with Gasteiger partial charge in [0.05, 0.1) is 0 Å². The quantitative estimate of drug-likeness (QED) is 0.0344. The second-order valence-electron chi connectivity index (χ2n) is 19.1. The lowest BCUT2D eigenvalue weighted by Crippen LogP contribution is -2.30. The Bertz CT molecular complexity index is 920. The molecule has 0 saturated carbocycles. The van der Waals surface area contributed by atoms with Crippen molar-refractivity contribution in [3.8, 4) is 0 Å². The van der Waals surface area contributed by atoms with Gasteiger partial charge in [-0.05, 0) is 25.2 Å². The summed E-state index contributed by atoms with van der Waals surface area (Å²) < 4.78 is 16.8. The monoisotopic (exact) mass is 863 g/mol. The van der Waals surface area contributed by atoms with Gasteiger partial charge < -0.3 is 14.2 Å². The lowest BCUT2D eigenvalue weighted by molar-refractivity contribution is -0.167. The summed E-state index contributed by atoms with van der Waals surface area (Å²) in [5.41, 5.74) is 0. The van der Waals surface area contributed by atoms with Crippen molar-refractivity contribution in [3.63, 3.8) is 0 Å². The first-order valence-corrected chi connectivity index (χ1v) is 27.4. The Balaban J connectivity index is 4.13. The maximum absolute atomic E-state index is 12.8. The number of esters is 3. The molecule has 0 aromatic heterocycles. The highest BCUT2D eigenvalue weighted by atomic mass is 16.6. The van der Waals surface area contributed by atoms with Gasteiger partial charge in [0.25, 0.3) is 0 Å². The second-order valence-corrected chi connectivity index (χ2v) is 19.1. The standard InChI is InChI=1S/C55H106O6/c1-5-8-10-12-14-15-16-17-25-28-31-35-39-43-47-54(57)60-50-52(49-59-53(56)46-42-38-33-13-11-9-6-2)61-55(58)48-44-40-36-32-29-26-23-21-19-18-20-22-24-27-30-34-37-41-45-51(4)7-3/h51-52H,5-50H2,1-4H3/t51?,52-/m1/s1. The minimum Gasteiger partial charge on any atom is -0.462 e. The van der Waals surface area contributed by atoms with E-state index in [2.05, 4.69) is 27.7 Å². The predicted molar refractivity (Wildman–Crippen MR) is 261 cm³/mol. The van der Waals surface area contributed by atoms with Crippen LogP contribution in [0.5, 0.6) is 0 Å². The van der Waals surface area contributed by atoms with Crippen LogP contribution in [0.4, 0.5) is 0 Å². The summed E-state index contributed by atoms with van der Waals surface area (Å²) >= 11 is 0. The number of carbonyl (C=O) groups is 3. The molecule has 1 unspecified atom stereocenters. The van der Waals surface area contributed by atoms with Crippen LogP contribution in [0.25, 0.3) is 0 Å². The van der Waals surface area contributed by atoms with Crippen molar-refractivity contribution < 1.29 is 28.6 Å². The highest BCUT2D eigenvalue weighted by molar-refractivity contribution is 5.71. The molecule has 6 heteroatoms. The van der Waals surface area contributed by atoms with Crippen LogP contribution in [0.2, 0.25) is 0 Å². The van der Waals surface area contributed by atoms with Gasteiger partial charge in [0.1, 0.15) is 13.2 Å². The van der Waals surface area contributed by atoms with E-state index >= 15 is 0 Å². The minimum absolute atomic E-state index is 0.0628. The average Bonchev–Trinajstić information content (AvgIpc) is 3.26. The van der Waals surface area contributed by atoms with Crippen LogP contribution in [0.15, 0.2) is 0 Å². The van der Waals surface area contributed by atoms with Crippen molar-refractivity contribution in [1.82, 2.24) is 0 Å². The van der Waals surface area contributed by atoms with Crippen LogP contribution >= 0.6 is 0 Å². The molecule has 0 aliphatic rings. The van der Waals surface area contributed by atoms with E-state index in [4.69, 9.17) is 14.2 Å². The molecule has 0 bridgehead atoms. The molecule has 0 radical (unpaired) electrons. The van der Waals surface area contributed by atoms with Crippen molar-refractivity contribution in [2.75, 3.05) is 13.2 Å². The van der Waals surface area contributed by atoms with Gasteiger partial charge in [-0.2, -0.15) is 0 Å². The van der Waals surface area contributed by atoms with Crippen molar-refractivity contribution in [1.29, 1.82) is 0 Å². The maximum Gasteiger partial charge on any atom is 0.306 e. The molecule has 0 aromatic rings. The number of ether oxygens (including phenoxy) is 3. The highest BCUT2D eigenvalue weighted by Crippen LogP contribution is 2.18. The van der Waals surface area contributed by atoms with E-state index in [1.807, 2.05) is 0 Å². The third kappa shape index (κ3) is 47.7.